The summed E-state index contributed by atoms with van der Waals surface area (Å²) in [6, 6.07) is 15.3. The van der Waals surface area contributed by atoms with Gasteiger partial charge in [-0.15, -0.1) is 0 Å². The molecule has 1 saturated heterocycles. The molecule has 19 heavy (non-hydrogen) atoms. The van der Waals surface area contributed by atoms with E-state index in [0.717, 1.165) is 31.5 Å². The van der Waals surface area contributed by atoms with E-state index in [0.29, 0.717) is 5.92 Å². The number of piperidine rings is 1. The van der Waals surface area contributed by atoms with E-state index in [-0.39, 0.29) is 5.82 Å². The molecular weight excluding hydrogens is 237 g/mol. The lowest BCUT2D eigenvalue weighted by atomic mass is 9.85. The van der Waals surface area contributed by atoms with Gasteiger partial charge in [-0.2, -0.15) is 0 Å². The van der Waals surface area contributed by atoms with Crippen LogP contribution in [0.4, 0.5) is 4.39 Å². The molecule has 0 amide bonds. The lowest BCUT2D eigenvalue weighted by molar-refractivity contribution is 0.461. The van der Waals surface area contributed by atoms with Crippen LogP contribution in [0.2, 0.25) is 0 Å². The Morgan fingerprint density at radius 3 is 2.53 bits per heavy atom. The minimum atomic E-state index is -0.169. The molecule has 1 aliphatic rings. The van der Waals surface area contributed by atoms with Crippen LogP contribution in [0.15, 0.2) is 48.5 Å². The maximum Gasteiger partial charge on any atom is 0.123 e. The zero-order valence-electron chi connectivity index (χ0n) is 10.9. The number of nitrogens with one attached hydrogen (secondary N) is 1. The molecule has 98 valence electrons. The average molecular weight is 255 g/mol. The van der Waals surface area contributed by atoms with Gasteiger partial charge in [-0.3, -0.25) is 0 Å². The standard InChI is InChI=1S/C17H18FN/c18-15-5-3-4-14(12-15)17-7-2-1-6-16(17)13-8-10-19-11-9-13/h1-7,12-13,19H,8-11H2. The molecule has 2 heteroatoms. The van der Waals surface area contributed by atoms with Crippen molar-refractivity contribution >= 4 is 0 Å². The Labute approximate surface area is 113 Å². The summed E-state index contributed by atoms with van der Waals surface area (Å²) in [5.74, 6) is 0.415. The molecule has 3 rings (SSSR count). The number of hydrogen-bond donors (Lipinski definition) is 1. The molecule has 0 aromatic heterocycles. The molecule has 2 aromatic carbocycles. The van der Waals surface area contributed by atoms with Crippen molar-refractivity contribution in [2.24, 2.45) is 0 Å². The predicted molar refractivity (Wildman–Crippen MR) is 76.7 cm³/mol. The molecule has 0 bridgehead atoms. The molecule has 1 fully saturated rings. The van der Waals surface area contributed by atoms with Crippen LogP contribution in [-0.2, 0) is 0 Å². The summed E-state index contributed by atoms with van der Waals surface area (Å²) in [7, 11) is 0. The van der Waals surface area contributed by atoms with Gasteiger partial charge in [0.2, 0.25) is 0 Å². The van der Waals surface area contributed by atoms with E-state index in [1.165, 1.54) is 17.2 Å². The van der Waals surface area contributed by atoms with Crippen LogP contribution in [-0.4, -0.2) is 13.1 Å². The number of rotatable bonds is 2. The molecule has 1 N–H and O–H groups in total. The van der Waals surface area contributed by atoms with Crippen molar-refractivity contribution in [2.45, 2.75) is 18.8 Å². The summed E-state index contributed by atoms with van der Waals surface area (Å²) in [5, 5.41) is 3.39. The molecule has 0 atom stereocenters. The molecule has 0 aliphatic carbocycles. The summed E-state index contributed by atoms with van der Waals surface area (Å²) in [6.07, 6.45) is 2.32. The molecule has 1 aliphatic heterocycles. The summed E-state index contributed by atoms with van der Waals surface area (Å²) in [4.78, 5) is 0. The van der Waals surface area contributed by atoms with Gasteiger partial charge in [0.1, 0.15) is 5.82 Å². The van der Waals surface area contributed by atoms with E-state index in [1.54, 1.807) is 12.1 Å². The summed E-state index contributed by atoms with van der Waals surface area (Å²) in [5.41, 5.74) is 3.51. The first-order valence-electron chi connectivity index (χ1n) is 6.90. The van der Waals surface area contributed by atoms with Crippen molar-refractivity contribution in [3.8, 4) is 11.1 Å². The van der Waals surface area contributed by atoms with Crippen molar-refractivity contribution in [1.82, 2.24) is 5.32 Å². The molecule has 0 saturated carbocycles. The van der Waals surface area contributed by atoms with Gasteiger partial charge in [0.25, 0.3) is 0 Å². The Morgan fingerprint density at radius 1 is 0.947 bits per heavy atom. The Kier molecular flexibility index (Phi) is 3.60. The van der Waals surface area contributed by atoms with Crippen LogP contribution in [0.25, 0.3) is 11.1 Å². The van der Waals surface area contributed by atoms with Gasteiger partial charge in [-0.05, 0) is 60.7 Å². The van der Waals surface area contributed by atoms with Gasteiger partial charge < -0.3 is 5.32 Å². The molecule has 1 nitrogen and oxygen atoms in total. The van der Waals surface area contributed by atoms with Crippen LogP contribution in [0.1, 0.15) is 24.3 Å². The highest BCUT2D eigenvalue weighted by molar-refractivity contribution is 5.68. The third-order valence-corrected chi connectivity index (χ3v) is 3.88. The lowest BCUT2D eigenvalue weighted by Gasteiger charge is -2.25. The molecule has 2 aromatic rings. The monoisotopic (exact) mass is 255 g/mol. The fourth-order valence-electron chi connectivity index (χ4n) is 2.90. The van der Waals surface area contributed by atoms with Crippen molar-refractivity contribution < 1.29 is 4.39 Å². The number of benzene rings is 2. The number of halogens is 1. The zero-order chi connectivity index (χ0) is 13.1. The minimum absolute atomic E-state index is 0.169. The topological polar surface area (TPSA) is 12.0 Å². The Morgan fingerprint density at radius 2 is 1.74 bits per heavy atom. The molecule has 1 heterocycles. The smallest absolute Gasteiger partial charge is 0.123 e. The van der Waals surface area contributed by atoms with Crippen LogP contribution >= 0.6 is 0 Å². The van der Waals surface area contributed by atoms with E-state index in [2.05, 4.69) is 23.5 Å². The average Bonchev–Trinajstić information content (AvgIpc) is 2.48. The number of hydrogen-bond acceptors (Lipinski definition) is 1. The SMILES string of the molecule is Fc1cccc(-c2ccccc2C2CCNCC2)c1. The van der Waals surface area contributed by atoms with Gasteiger partial charge in [0.15, 0.2) is 0 Å². The van der Waals surface area contributed by atoms with Gasteiger partial charge in [0.05, 0.1) is 0 Å². The highest BCUT2D eigenvalue weighted by Gasteiger charge is 2.18. The maximum absolute atomic E-state index is 13.4. The van der Waals surface area contributed by atoms with Crippen molar-refractivity contribution in [2.75, 3.05) is 13.1 Å². The molecule has 0 spiro atoms. The van der Waals surface area contributed by atoms with Crippen LogP contribution in [0.3, 0.4) is 0 Å². The maximum atomic E-state index is 13.4. The van der Waals surface area contributed by atoms with Crippen molar-refractivity contribution in [1.29, 1.82) is 0 Å². The van der Waals surface area contributed by atoms with Gasteiger partial charge >= 0.3 is 0 Å². The first kappa shape index (κ1) is 12.4. The molecule has 0 radical (unpaired) electrons. The van der Waals surface area contributed by atoms with Crippen molar-refractivity contribution in [3.05, 3.63) is 59.9 Å². The second-order valence-electron chi connectivity index (χ2n) is 5.12. The molecule has 0 unspecified atom stereocenters. The Balaban J connectivity index is 2.01. The predicted octanol–water partition coefficient (Wildman–Crippen LogP) is 3.96. The Bertz CT molecular complexity index is 559. The second kappa shape index (κ2) is 5.54. The highest BCUT2D eigenvalue weighted by Crippen LogP contribution is 2.33. The quantitative estimate of drug-likeness (QED) is 0.856. The minimum Gasteiger partial charge on any atom is -0.317 e. The van der Waals surface area contributed by atoms with Crippen LogP contribution in [0, 0.1) is 5.82 Å². The summed E-state index contributed by atoms with van der Waals surface area (Å²) < 4.78 is 13.4. The fraction of sp³-hybridized carbons (Fsp3) is 0.294. The summed E-state index contributed by atoms with van der Waals surface area (Å²) in [6.45, 7) is 2.14. The van der Waals surface area contributed by atoms with Crippen molar-refractivity contribution in [3.63, 3.8) is 0 Å². The van der Waals surface area contributed by atoms with Gasteiger partial charge in [-0.25, -0.2) is 4.39 Å². The van der Waals surface area contributed by atoms with E-state index in [9.17, 15) is 4.39 Å². The van der Waals surface area contributed by atoms with Gasteiger partial charge in [0, 0.05) is 0 Å². The first-order chi connectivity index (χ1) is 9.34. The fourth-order valence-corrected chi connectivity index (χ4v) is 2.90. The van der Waals surface area contributed by atoms with Gasteiger partial charge in [-0.1, -0.05) is 36.4 Å². The first-order valence-corrected chi connectivity index (χ1v) is 6.90. The zero-order valence-corrected chi connectivity index (χ0v) is 10.9. The Hall–Kier alpha value is -1.67. The largest absolute Gasteiger partial charge is 0.317 e. The van der Waals surface area contributed by atoms with E-state index in [1.807, 2.05) is 12.1 Å². The third-order valence-electron chi connectivity index (χ3n) is 3.88. The van der Waals surface area contributed by atoms with Crippen LogP contribution in [0.5, 0.6) is 0 Å². The van der Waals surface area contributed by atoms with Crippen LogP contribution < -0.4 is 5.32 Å². The summed E-state index contributed by atoms with van der Waals surface area (Å²) >= 11 is 0. The lowest BCUT2D eigenvalue weighted by Crippen LogP contribution is -2.26. The van der Waals surface area contributed by atoms with E-state index < -0.39 is 0 Å². The van der Waals surface area contributed by atoms with E-state index >= 15 is 0 Å². The van der Waals surface area contributed by atoms with E-state index in [4.69, 9.17) is 0 Å². The molecular formula is C17H18FN. The normalized spacial score (nSPS) is 16.5. The third kappa shape index (κ3) is 2.69. The highest BCUT2D eigenvalue weighted by atomic mass is 19.1. The second-order valence-corrected chi connectivity index (χ2v) is 5.12.